The molecule has 0 fully saturated rings. The summed E-state index contributed by atoms with van der Waals surface area (Å²) in [6.45, 7) is 5.21. The van der Waals surface area contributed by atoms with E-state index in [1.165, 1.54) is 122 Å². The third-order valence-corrected chi connectivity index (χ3v) is 10.1. The molecule has 1 unspecified atom stereocenters. The second-order valence-corrected chi connectivity index (χ2v) is 15.7. The number of allylic oxidation sites excluding steroid dienone is 5. The predicted molar refractivity (Wildman–Crippen MR) is 220 cm³/mol. The highest BCUT2D eigenvalue weighted by molar-refractivity contribution is 7.47. The van der Waals surface area contributed by atoms with Crippen molar-refractivity contribution >= 4 is 19.8 Å². The first-order chi connectivity index (χ1) is 25.8. The van der Waals surface area contributed by atoms with Crippen molar-refractivity contribution in [3.8, 4) is 0 Å². The van der Waals surface area contributed by atoms with Crippen molar-refractivity contribution in [2.24, 2.45) is 5.73 Å². The Morgan fingerprint density at radius 3 is 1.62 bits per heavy atom. The van der Waals surface area contributed by atoms with E-state index in [0.717, 1.165) is 44.9 Å². The summed E-state index contributed by atoms with van der Waals surface area (Å²) >= 11 is 0. The van der Waals surface area contributed by atoms with Crippen LogP contribution in [0.4, 0.5) is 0 Å². The zero-order valence-electron chi connectivity index (χ0n) is 33.8. The fourth-order valence-corrected chi connectivity index (χ4v) is 6.71. The van der Waals surface area contributed by atoms with Crippen molar-refractivity contribution < 1.29 is 37.6 Å². The number of unbranched alkanes of at least 4 members (excludes halogenated alkanes) is 23. The molecule has 2 atom stereocenters. The number of carbonyl (C=O) groups excluding carboxylic acids is 2. The third-order valence-electron chi connectivity index (χ3n) is 9.14. The van der Waals surface area contributed by atoms with Crippen molar-refractivity contribution in [2.75, 3.05) is 26.4 Å². The lowest BCUT2D eigenvalue weighted by Gasteiger charge is -2.19. The molecule has 53 heavy (non-hydrogen) atoms. The molecule has 0 aromatic rings. The fraction of sp³-hybridized carbons (Fsp3) is 0.814. The van der Waals surface area contributed by atoms with E-state index in [9.17, 15) is 19.0 Å². The molecule has 0 heterocycles. The minimum Gasteiger partial charge on any atom is -0.462 e. The Hall–Kier alpha value is -1.77. The molecule has 0 amide bonds. The number of phosphoric acid groups is 1. The molecule has 9 nitrogen and oxygen atoms in total. The Balaban J connectivity index is 4.20. The lowest BCUT2D eigenvalue weighted by Crippen LogP contribution is -2.29. The lowest BCUT2D eigenvalue weighted by molar-refractivity contribution is -0.161. The van der Waals surface area contributed by atoms with E-state index in [1.54, 1.807) is 0 Å². The number of esters is 2. The van der Waals surface area contributed by atoms with Crippen LogP contribution >= 0.6 is 7.82 Å². The molecule has 0 saturated carbocycles. The van der Waals surface area contributed by atoms with Gasteiger partial charge in [-0.25, -0.2) is 4.57 Å². The van der Waals surface area contributed by atoms with Gasteiger partial charge in [0.1, 0.15) is 6.61 Å². The molecule has 0 spiro atoms. The molecule has 0 aromatic carbocycles. The van der Waals surface area contributed by atoms with Crippen molar-refractivity contribution in [3.63, 3.8) is 0 Å². The summed E-state index contributed by atoms with van der Waals surface area (Å²) < 4.78 is 32.7. The van der Waals surface area contributed by atoms with Crippen LogP contribution in [0.5, 0.6) is 0 Å². The lowest BCUT2D eigenvalue weighted by atomic mass is 10.0. The zero-order valence-corrected chi connectivity index (χ0v) is 34.7. The first-order valence-electron chi connectivity index (χ1n) is 21.4. The number of nitrogens with two attached hydrogens (primary N) is 1. The van der Waals surface area contributed by atoms with E-state index in [4.69, 9.17) is 24.3 Å². The van der Waals surface area contributed by atoms with Crippen LogP contribution < -0.4 is 5.73 Å². The van der Waals surface area contributed by atoms with E-state index in [-0.39, 0.29) is 32.6 Å². The highest BCUT2D eigenvalue weighted by atomic mass is 31.2. The van der Waals surface area contributed by atoms with Crippen molar-refractivity contribution in [3.05, 3.63) is 37.0 Å². The van der Waals surface area contributed by atoms with Gasteiger partial charge in [0.25, 0.3) is 0 Å². The molecular weight excluding hydrogens is 689 g/mol. The summed E-state index contributed by atoms with van der Waals surface area (Å²) in [6, 6.07) is 0. The monoisotopic (exact) mass is 770 g/mol. The van der Waals surface area contributed by atoms with E-state index in [1.807, 2.05) is 6.08 Å². The van der Waals surface area contributed by atoms with Crippen LogP contribution in [0.2, 0.25) is 0 Å². The first kappa shape index (κ1) is 51.2. The summed E-state index contributed by atoms with van der Waals surface area (Å²) in [7, 11) is -4.38. The number of ether oxygens (including phenoxy) is 2. The van der Waals surface area contributed by atoms with E-state index >= 15 is 0 Å². The van der Waals surface area contributed by atoms with Gasteiger partial charge in [-0.3, -0.25) is 18.6 Å². The second-order valence-electron chi connectivity index (χ2n) is 14.3. The second kappa shape index (κ2) is 39.9. The Morgan fingerprint density at radius 2 is 1.09 bits per heavy atom. The number of hydrogen-bond donors (Lipinski definition) is 2. The molecule has 0 aliphatic rings. The summed E-state index contributed by atoms with van der Waals surface area (Å²) in [5, 5.41) is 0. The van der Waals surface area contributed by atoms with Crippen LogP contribution in [0.15, 0.2) is 37.0 Å². The van der Waals surface area contributed by atoms with Crippen LogP contribution in [0.25, 0.3) is 0 Å². The average Bonchev–Trinajstić information content (AvgIpc) is 3.14. The maximum Gasteiger partial charge on any atom is 0.472 e. The molecular formula is C43H80NO8P. The molecule has 0 aromatic heterocycles. The predicted octanol–water partition coefficient (Wildman–Crippen LogP) is 12.2. The highest BCUT2D eigenvalue weighted by Crippen LogP contribution is 2.43. The van der Waals surface area contributed by atoms with Crippen molar-refractivity contribution in [1.29, 1.82) is 0 Å². The molecule has 0 bridgehead atoms. The molecule has 0 aliphatic carbocycles. The Kier molecular flexibility index (Phi) is 38.6. The summed E-state index contributed by atoms with van der Waals surface area (Å²) in [6.07, 6.45) is 42.2. The van der Waals surface area contributed by atoms with Gasteiger partial charge in [0.2, 0.25) is 0 Å². The van der Waals surface area contributed by atoms with Crippen LogP contribution in [0, 0.1) is 0 Å². The molecule has 0 radical (unpaired) electrons. The van der Waals surface area contributed by atoms with Gasteiger partial charge in [-0.1, -0.05) is 159 Å². The maximum absolute atomic E-state index is 12.5. The maximum atomic E-state index is 12.5. The topological polar surface area (TPSA) is 134 Å². The van der Waals surface area contributed by atoms with Gasteiger partial charge in [0.05, 0.1) is 13.2 Å². The first-order valence-corrected chi connectivity index (χ1v) is 22.9. The molecule has 310 valence electrons. The number of phosphoric ester groups is 1. The Morgan fingerprint density at radius 1 is 0.623 bits per heavy atom. The van der Waals surface area contributed by atoms with E-state index in [2.05, 4.69) is 37.8 Å². The van der Waals surface area contributed by atoms with Gasteiger partial charge in [0.15, 0.2) is 6.10 Å². The van der Waals surface area contributed by atoms with Crippen LogP contribution in [-0.2, 0) is 32.7 Å². The number of rotatable bonds is 41. The van der Waals surface area contributed by atoms with E-state index < -0.39 is 32.5 Å². The summed E-state index contributed by atoms with van der Waals surface area (Å²) in [5.41, 5.74) is 5.34. The van der Waals surface area contributed by atoms with Crippen molar-refractivity contribution in [1.82, 2.24) is 0 Å². The summed E-state index contributed by atoms with van der Waals surface area (Å²) in [5.74, 6) is -0.881. The van der Waals surface area contributed by atoms with Crippen LogP contribution in [0.1, 0.15) is 193 Å². The summed E-state index contributed by atoms with van der Waals surface area (Å²) in [4.78, 5) is 34.8. The minimum atomic E-state index is -4.38. The van der Waals surface area contributed by atoms with Crippen LogP contribution in [-0.4, -0.2) is 49.3 Å². The fourth-order valence-electron chi connectivity index (χ4n) is 5.95. The van der Waals surface area contributed by atoms with Crippen LogP contribution in [0.3, 0.4) is 0 Å². The van der Waals surface area contributed by atoms with Gasteiger partial charge >= 0.3 is 19.8 Å². The van der Waals surface area contributed by atoms with Gasteiger partial charge < -0.3 is 20.1 Å². The van der Waals surface area contributed by atoms with Gasteiger partial charge in [-0.2, -0.15) is 0 Å². The largest absolute Gasteiger partial charge is 0.472 e. The van der Waals surface area contributed by atoms with Gasteiger partial charge in [0, 0.05) is 19.4 Å². The Bertz CT molecular complexity index is 957. The molecule has 0 aliphatic heterocycles. The quantitative estimate of drug-likeness (QED) is 0.0270. The van der Waals surface area contributed by atoms with Gasteiger partial charge in [-0.05, 0) is 51.4 Å². The average molecular weight is 770 g/mol. The standard InChI is InChI=1S/C43H80NO8P/c1-3-5-7-9-11-13-15-17-19-20-22-24-26-28-30-32-34-36-43(46)52-41(40-51-53(47,48)50-38-37-44)39-49-42(45)35-33-31-29-27-25-23-21-18-16-14-12-10-8-6-4-2/h4,22,24,28,30,41H,2-3,5-21,23,25-27,29,31-40,44H2,1H3,(H,47,48)/b24-22+,30-28+/t41-/m1/s1. The number of hydrogen-bond acceptors (Lipinski definition) is 8. The molecule has 3 N–H and O–H groups in total. The minimum absolute atomic E-state index is 0.0468. The number of carbonyl (C=O) groups is 2. The molecule has 0 rings (SSSR count). The normalized spacial score (nSPS) is 13.4. The Labute approximate surface area is 324 Å². The SMILES string of the molecule is C=CCCCCCCCCCCCCCCCC(=O)OC[C@H](COP(=O)(O)OCCN)OC(=O)CCC/C=C/C/C=C/CCCCCCCCCCC. The zero-order chi connectivity index (χ0) is 38.9. The third kappa shape index (κ3) is 39.7. The van der Waals surface area contributed by atoms with E-state index in [0.29, 0.717) is 6.42 Å². The van der Waals surface area contributed by atoms with Crippen molar-refractivity contribution in [2.45, 2.75) is 199 Å². The molecule has 0 saturated heterocycles. The highest BCUT2D eigenvalue weighted by Gasteiger charge is 2.25. The smallest absolute Gasteiger partial charge is 0.462 e. The molecule has 10 heteroatoms. The van der Waals surface area contributed by atoms with Gasteiger partial charge in [-0.15, -0.1) is 6.58 Å².